The molecule has 0 atom stereocenters. The molecular formula is C9H11N3OS. The van der Waals surface area contributed by atoms with Gasteiger partial charge in [-0.1, -0.05) is 11.8 Å². The van der Waals surface area contributed by atoms with E-state index in [4.69, 9.17) is 4.74 Å². The largest absolute Gasteiger partial charge is 0.477 e. The molecule has 0 aromatic carbocycles. The number of ether oxygens (including phenoxy) is 1. The molecule has 0 aliphatic heterocycles. The van der Waals surface area contributed by atoms with E-state index in [1.54, 1.807) is 0 Å². The van der Waals surface area contributed by atoms with Crippen LogP contribution in [0.15, 0.2) is 17.4 Å². The van der Waals surface area contributed by atoms with Crippen LogP contribution in [-0.4, -0.2) is 27.8 Å². The Hall–Kier alpha value is -1.23. The van der Waals surface area contributed by atoms with Crippen molar-refractivity contribution in [2.24, 2.45) is 0 Å². The summed E-state index contributed by atoms with van der Waals surface area (Å²) < 4.78 is 5.44. The summed E-state index contributed by atoms with van der Waals surface area (Å²) in [5.41, 5.74) is 0.827. The molecule has 5 heteroatoms. The lowest BCUT2D eigenvalue weighted by molar-refractivity contribution is 0.328. The number of aromatic amines is 1. The van der Waals surface area contributed by atoms with Gasteiger partial charge in [0.15, 0.2) is 5.16 Å². The van der Waals surface area contributed by atoms with Crippen LogP contribution >= 0.6 is 11.8 Å². The van der Waals surface area contributed by atoms with Gasteiger partial charge in [0.1, 0.15) is 5.65 Å². The molecule has 2 aromatic rings. The maximum Gasteiger partial charge on any atom is 0.227 e. The standard InChI is InChI=1S/C9H11N3OS/c1-3-13-8-6-4-5-10-7(6)11-9(12-8)14-2/h4-5H,3H2,1-2H3,(H,10,11,12). The van der Waals surface area contributed by atoms with E-state index in [0.29, 0.717) is 12.5 Å². The van der Waals surface area contributed by atoms with Gasteiger partial charge in [-0.3, -0.25) is 0 Å². The summed E-state index contributed by atoms with van der Waals surface area (Å²) in [4.78, 5) is 11.7. The van der Waals surface area contributed by atoms with Crippen molar-refractivity contribution in [3.63, 3.8) is 0 Å². The number of hydrogen-bond donors (Lipinski definition) is 1. The predicted molar refractivity (Wildman–Crippen MR) is 56.8 cm³/mol. The summed E-state index contributed by atoms with van der Waals surface area (Å²) >= 11 is 1.50. The van der Waals surface area contributed by atoms with Crippen molar-refractivity contribution >= 4 is 22.8 Å². The zero-order valence-corrected chi connectivity index (χ0v) is 8.89. The maximum absolute atomic E-state index is 5.44. The quantitative estimate of drug-likeness (QED) is 0.621. The van der Waals surface area contributed by atoms with Crippen LogP contribution < -0.4 is 4.74 Å². The SMILES string of the molecule is CCOc1nc(SC)nc2[nH]ccc12. The fraction of sp³-hybridized carbons (Fsp3) is 0.333. The summed E-state index contributed by atoms with van der Waals surface area (Å²) in [5.74, 6) is 0.656. The minimum absolute atomic E-state index is 0.616. The molecule has 4 nitrogen and oxygen atoms in total. The first kappa shape index (κ1) is 9.33. The van der Waals surface area contributed by atoms with Crippen LogP contribution in [0.1, 0.15) is 6.92 Å². The third kappa shape index (κ3) is 1.55. The highest BCUT2D eigenvalue weighted by Crippen LogP contribution is 2.24. The minimum atomic E-state index is 0.616. The van der Waals surface area contributed by atoms with E-state index < -0.39 is 0 Å². The molecule has 1 N–H and O–H groups in total. The van der Waals surface area contributed by atoms with Crippen molar-refractivity contribution in [1.29, 1.82) is 0 Å². The second-order valence-electron chi connectivity index (χ2n) is 2.69. The molecule has 0 aliphatic carbocycles. The van der Waals surface area contributed by atoms with Gasteiger partial charge in [-0.15, -0.1) is 0 Å². The molecule has 0 spiro atoms. The monoisotopic (exact) mass is 209 g/mol. The zero-order chi connectivity index (χ0) is 9.97. The molecule has 14 heavy (non-hydrogen) atoms. The Balaban J connectivity index is 2.58. The lowest BCUT2D eigenvalue weighted by Gasteiger charge is -2.04. The van der Waals surface area contributed by atoms with Gasteiger partial charge in [0.05, 0.1) is 12.0 Å². The molecule has 2 aromatic heterocycles. The Morgan fingerprint density at radius 1 is 1.50 bits per heavy atom. The molecule has 0 amide bonds. The molecule has 0 aliphatic rings. The molecule has 2 heterocycles. The van der Waals surface area contributed by atoms with Gasteiger partial charge in [0.25, 0.3) is 0 Å². The zero-order valence-electron chi connectivity index (χ0n) is 8.07. The Kier molecular flexibility index (Phi) is 2.58. The lowest BCUT2D eigenvalue weighted by atomic mass is 10.4. The van der Waals surface area contributed by atoms with Crippen molar-refractivity contribution < 1.29 is 4.74 Å². The summed E-state index contributed by atoms with van der Waals surface area (Å²) in [6.07, 6.45) is 3.78. The van der Waals surface area contributed by atoms with Gasteiger partial charge in [-0.2, -0.15) is 4.98 Å². The van der Waals surface area contributed by atoms with Crippen molar-refractivity contribution in [3.05, 3.63) is 12.3 Å². The third-order valence-corrected chi connectivity index (χ3v) is 2.37. The highest BCUT2D eigenvalue weighted by atomic mass is 32.2. The van der Waals surface area contributed by atoms with E-state index in [1.165, 1.54) is 11.8 Å². The first-order valence-electron chi connectivity index (χ1n) is 4.37. The second kappa shape index (κ2) is 3.88. The van der Waals surface area contributed by atoms with E-state index >= 15 is 0 Å². The van der Waals surface area contributed by atoms with Crippen LogP contribution in [-0.2, 0) is 0 Å². The average molecular weight is 209 g/mol. The number of hydrogen-bond acceptors (Lipinski definition) is 4. The number of nitrogens with zero attached hydrogens (tertiary/aromatic N) is 2. The van der Waals surface area contributed by atoms with Crippen LogP contribution in [0, 0.1) is 0 Å². The normalized spacial score (nSPS) is 10.7. The van der Waals surface area contributed by atoms with Crippen molar-refractivity contribution in [2.45, 2.75) is 12.1 Å². The Bertz CT molecular complexity index is 441. The number of nitrogens with one attached hydrogen (secondary N) is 1. The van der Waals surface area contributed by atoms with Crippen LogP contribution in [0.4, 0.5) is 0 Å². The third-order valence-electron chi connectivity index (χ3n) is 1.82. The highest BCUT2D eigenvalue weighted by molar-refractivity contribution is 7.98. The smallest absolute Gasteiger partial charge is 0.227 e. The fourth-order valence-electron chi connectivity index (χ4n) is 1.23. The fourth-order valence-corrected chi connectivity index (χ4v) is 1.59. The summed E-state index contributed by atoms with van der Waals surface area (Å²) in [6.45, 7) is 2.56. The van der Waals surface area contributed by atoms with Crippen LogP contribution in [0.5, 0.6) is 5.88 Å². The molecule has 74 valence electrons. The maximum atomic E-state index is 5.44. The second-order valence-corrected chi connectivity index (χ2v) is 3.46. The summed E-state index contributed by atoms with van der Waals surface area (Å²) in [7, 11) is 0. The first-order chi connectivity index (χ1) is 6.85. The molecule has 0 saturated carbocycles. The summed E-state index contributed by atoms with van der Waals surface area (Å²) in [6, 6.07) is 1.92. The van der Waals surface area contributed by atoms with Gasteiger partial charge in [-0.05, 0) is 19.2 Å². The van der Waals surface area contributed by atoms with E-state index in [1.807, 2.05) is 25.4 Å². The number of aromatic nitrogens is 3. The van der Waals surface area contributed by atoms with E-state index in [9.17, 15) is 0 Å². The minimum Gasteiger partial charge on any atom is -0.477 e. The van der Waals surface area contributed by atoms with E-state index in [-0.39, 0.29) is 0 Å². The molecule has 0 unspecified atom stereocenters. The van der Waals surface area contributed by atoms with E-state index in [0.717, 1.165) is 16.2 Å². The molecule has 0 saturated heterocycles. The van der Waals surface area contributed by atoms with Crippen LogP contribution in [0.25, 0.3) is 11.0 Å². The van der Waals surface area contributed by atoms with Gasteiger partial charge >= 0.3 is 0 Å². The highest BCUT2D eigenvalue weighted by Gasteiger charge is 2.08. The molecule has 0 radical (unpaired) electrons. The average Bonchev–Trinajstić information content (AvgIpc) is 2.66. The molecular weight excluding hydrogens is 198 g/mol. The number of thioether (sulfide) groups is 1. The van der Waals surface area contributed by atoms with Crippen LogP contribution in [0.3, 0.4) is 0 Å². The Labute approximate surface area is 86.1 Å². The Morgan fingerprint density at radius 2 is 2.36 bits per heavy atom. The van der Waals surface area contributed by atoms with Gasteiger partial charge in [0.2, 0.25) is 5.88 Å². The van der Waals surface area contributed by atoms with E-state index in [2.05, 4.69) is 15.0 Å². The topological polar surface area (TPSA) is 50.8 Å². The van der Waals surface area contributed by atoms with Crippen molar-refractivity contribution in [3.8, 4) is 5.88 Å². The Morgan fingerprint density at radius 3 is 3.07 bits per heavy atom. The predicted octanol–water partition coefficient (Wildman–Crippen LogP) is 2.08. The first-order valence-corrected chi connectivity index (χ1v) is 5.59. The molecule has 2 rings (SSSR count). The molecule has 0 fully saturated rings. The number of rotatable bonds is 3. The van der Waals surface area contributed by atoms with Gasteiger partial charge < -0.3 is 9.72 Å². The van der Waals surface area contributed by atoms with Gasteiger partial charge in [0, 0.05) is 6.20 Å². The number of H-pyrrole nitrogens is 1. The van der Waals surface area contributed by atoms with Gasteiger partial charge in [-0.25, -0.2) is 4.98 Å². The van der Waals surface area contributed by atoms with Crippen molar-refractivity contribution in [1.82, 2.24) is 15.0 Å². The van der Waals surface area contributed by atoms with Crippen molar-refractivity contribution in [2.75, 3.05) is 12.9 Å². The van der Waals surface area contributed by atoms with Crippen LogP contribution in [0.2, 0.25) is 0 Å². The molecule has 0 bridgehead atoms. The number of fused-ring (bicyclic) bond motifs is 1. The lowest BCUT2D eigenvalue weighted by Crippen LogP contribution is -1.97. The summed E-state index contributed by atoms with van der Waals surface area (Å²) in [5, 5.41) is 1.66.